The van der Waals surface area contributed by atoms with Crippen molar-refractivity contribution < 1.29 is 4.39 Å². The summed E-state index contributed by atoms with van der Waals surface area (Å²) < 4.78 is 13.2. The normalized spacial score (nSPS) is 10.7. The van der Waals surface area contributed by atoms with Crippen LogP contribution >= 0.6 is 0 Å². The van der Waals surface area contributed by atoms with E-state index in [1.54, 1.807) is 12.1 Å². The van der Waals surface area contributed by atoms with E-state index in [1.807, 2.05) is 13.1 Å². The Balaban J connectivity index is 2.48. The standard InChI is InChI=1S/C16H18FN/c1-11-7-14(8-12(2)16(11)10-18-3)13-5-4-6-15(17)9-13/h4-9,18H,10H2,1-3H3. The van der Waals surface area contributed by atoms with Crippen molar-refractivity contribution in [2.45, 2.75) is 20.4 Å². The molecule has 0 aromatic heterocycles. The summed E-state index contributed by atoms with van der Waals surface area (Å²) in [5, 5.41) is 3.17. The van der Waals surface area contributed by atoms with E-state index in [4.69, 9.17) is 0 Å². The van der Waals surface area contributed by atoms with Gasteiger partial charge in [-0.25, -0.2) is 4.39 Å². The molecule has 0 saturated carbocycles. The van der Waals surface area contributed by atoms with Crippen molar-refractivity contribution in [2.75, 3.05) is 7.05 Å². The maximum atomic E-state index is 13.2. The Bertz CT molecular complexity index is 538. The van der Waals surface area contributed by atoms with E-state index in [-0.39, 0.29) is 5.82 Å². The highest BCUT2D eigenvalue weighted by Gasteiger charge is 2.06. The Morgan fingerprint density at radius 2 is 1.67 bits per heavy atom. The zero-order chi connectivity index (χ0) is 13.1. The molecular formula is C16H18FN. The second-order valence-electron chi connectivity index (χ2n) is 4.63. The minimum Gasteiger partial charge on any atom is -0.316 e. The summed E-state index contributed by atoms with van der Waals surface area (Å²) in [6, 6.07) is 11.0. The Morgan fingerprint density at radius 3 is 2.22 bits per heavy atom. The highest BCUT2D eigenvalue weighted by molar-refractivity contribution is 5.66. The van der Waals surface area contributed by atoms with Gasteiger partial charge in [-0.1, -0.05) is 24.3 Å². The summed E-state index contributed by atoms with van der Waals surface area (Å²) in [5.41, 5.74) is 5.80. The van der Waals surface area contributed by atoms with Crippen LogP contribution in [-0.2, 0) is 6.54 Å². The fourth-order valence-electron chi connectivity index (χ4n) is 2.28. The van der Waals surface area contributed by atoms with Gasteiger partial charge in [0, 0.05) is 6.54 Å². The molecule has 0 aliphatic rings. The number of hydrogen-bond acceptors (Lipinski definition) is 1. The molecule has 0 heterocycles. The van der Waals surface area contributed by atoms with Gasteiger partial charge in [-0.3, -0.25) is 0 Å². The predicted octanol–water partition coefficient (Wildman–Crippen LogP) is 3.83. The first kappa shape index (κ1) is 12.8. The van der Waals surface area contributed by atoms with Crippen LogP contribution in [-0.4, -0.2) is 7.05 Å². The van der Waals surface area contributed by atoms with E-state index in [2.05, 4.69) is 31.3 Å². The molecule has 0 spiro atoms. The summed E-state index contributed by atoms with van der Waals surface area (Å²) >= 11 is 0. The first-order chi connectivity index (χ1) is 8.61. The van der Waals surface area contributed by atoms with Crippen LogP contribution in [0.5, 0.6) is 0 Å². The molecule has 2 rings (SSSR count). The third-order valence-electron chi connectivity index (χ3n) is 3.21. The molecule has 2 aromatic rings. The average Bonchev–Trinajstić information content (AvgIpc) is 2.33. The number of aryl methyl sites for hydroxylation is 2. The van der Waals surface area contributed by atoms with Crippen molar-refractivity contribution in [1.29, 1.82) is 0 Å². The third-order valence-corrected chi connectivity index (χ3v) is 3.21. The maximum Gasteiger partial charge on any atom is 0.123 e. The average molecular weight is 243 g/mol. The zero-order valence-electron chi connectivity index (χ0n) is 11.0. The van der Waals surface area contributed by atoms with E-state index in [9.17, 15) is 4.39 Å². The number of halogens is 1. The van der Waals surface area contributed by atoms with Crippen LogP contribution in [0.15, 0.2) is 36.4 Å². The van der Waals surface area contributed by atoms with E-state index < -0.39 is 0 Å². The first-order valence-corrected chi connectivity index (χ1v) is 6.12. The molecule has 2 aromatic carbocycles. The molecule has 0 radical (unpaired) electrons. The van der Waals surface area contributed by atoms with E-state index in [1.165, 1.54) is 22.8 Å². The molecule has 94 valence electrons. The lowest BCUT2D eigenvalue weighted by Gasteiger charge is -2.12. The van der Waals surface area contributed by atoms with Crippen LogP contribution in [0.3, 0.4) is 0 Å². The van der Waals surface area contributed by atoms with Gasteiger partial charge < -0.3 is 5.32 Å². The SMILES string of the molecule is CNCc1c(C)cc(-c2cccc(F)c2)cc1C. The molecule has 0 aliphatic carbocycles. The minimum absolute atomic E-state index is 0.192. The lowest BCUT2D eigenvalue weighted by atomic mass is 9.95. The lowest BCUT2D eigenvalue weighted by molar-refractivity contribution is 0.628. The highest BCUT2D eigenvalue weighted by atomic mass is 19.1. The summed E-state index contributed by atoms with van der Waals surface area (Å²) in [7, 11) is 1.94. The lowest BCUT2D eigenvalue weighted by Crippen LogP contribution is -2.08. The van der Waals surface area contributed by atoms with Gasteiger partial charge in [-0.15, -0.1) is 0 Å². The van der Waals surface area contributed by atoms with Crippen LogP contribution in [0.1, 0.15) is 16.7 Å². The largest absolute Gasteiger partial charge is 0.316 e. The number of benzene rings is 2. The minimum atomic E-state index is -0.192. The van der Waals surface area contributed by atoms with Gasteiger partial charge >= 0.3 is 0 Å². The van der Waals surface area contributed by atoms with Gasteiger partial charge in [-0.2, -0.15) is 0 Å². The number of hydrogen-bond donors (Lipinski definition) is 1. The van der Waals surface area contributed by atoms with Gasteiger partial charge in [0.2, 0.25) is 0 Å². The molecule has 0 amide bonds. The summed E-state index contributed by atoms with van der Waals surface area (Å²) in [5.74, 6) is -0.192. The predicted molar refractivity (Wildman–Crippen MR) is 74.1 cm³/mol. The molecule has 1 nitrogen and oxygen atoms in total. The number of nitrogens with one attached hydrogen (secondary N) is 1. The molecule has 0 unspecified atom stereocenters. The third kappa shape index (κ3) is 2.59. The van der Waals surface area contributed by atoms with Crippen LogP contribution in [0.2, 0.25) is 0 Å². The summed E-state index contributed by atoms with van der Waals surface area (Å²) in [6.07, 6.45) is 0. The van der Waals surface area contributed by atoms with Crippen molar-refractivity contribution in [3.8, 4) is 11.1 Å². The smallest absolute Gasteiger partial charge is 0.123 e. The molecule has 18 heavy (non-hydrogen) atoms. The monoisotopic (exact) mass is 243 g/mol. The fourth-order valence-corrected chi connectivity index (χ4v) is 2.28. The summed E-state index contributed by atoms with van der Waals surface area (Å²) in [6.45, 7) is 5.06. The van der Waals surface area contributed by atoms with E-state index >= 15 is 0 Å². The number of rotatable bonds is 3. The van der Waals surface area contributed by atoms with Crippen LogP contribution < -0.4 is 5.32 Å². The van der Waals surface area contributed by atoms with Crippen molar-refractivity contribution in [1.82, 2.24) is 5.32 Å². The van der Waals surface area contributed by atoms with Crippen molar-refractivity contribution >= 4 is 0 Å². The molecule has 0 saturated heterocycles. The second kappa shape index (κ2) is 5.32. The van der Waals surface area contributed by atoms with Gasteiger partial charge in [0.25, 0.3) is 0 Å². The molecule has 0 fully saturated rings. The highest BCUT2D eigenvalue weighted by Crippen LogP contribution is 2.25. The van der Waals surface area contributed by atoms with Crippen LogP contribution in [0.4, 0.5) is 4.39 Å². The van der Waals surface area contributed by atoms with Crippen molar-refractivity contribution in [3.63, 3.8) is 0 Å². The summed E-state index contributed by atoms with van der Waals surface area (Å²) in [4.78, 5) is 0. The molecule has 0 atom stereocenters. The Hall–Kier alpha value is -1.67. The molecule has 0 bridgehead atoms. The molecule has 2 heteroatoms. The van der Waals surface area contributed by atoms with Gasteiger partial charge in [0.15, 0.2) is 0 Å². The Labute approximate surface area is 108 Å². The topological polar surface area (TPSA) is 12.0 Å². The Kier molecular flexibility index (Phi) is 3.78. The zero-order valence-corrected chi connectivity index (χ0v) is 11.0. The molecular weight excluding hydrogens is 225 g/mol. The van der Waals surface area contributed by atoms with Gasteiger partial charge in [0.1, 0.15) is 5.82 Å². The van der Waals surface area contributed by atoms with E-state index in [0.717, 1.165) is 17.7 Å². The quantitative estimate of drug-likeness (QED) is 0.864. The van der Waals surface area contributed by atoms with E-state index in [0.29, 0.717) is 0 Å². The maximum absolute atomic E-state index is 13.2. The second-order valence-corrected chi connectivity index (χ2v) is 4.63. The first-order valence-electron chi connectivity index (χ1n) is 6.12. The van der Waals surface area contributed by atoms with Crippen LogP contribution in [0.25, 0.3) is 11.1 Å². The van der Waals surface area contributed by atoms with Gasteiger partial charge in [0.05, 0.1) is 0 Å². The van der Waals surface area contributed by atoms with Crippen molar-refractivity contribution in [3.05, 3.63) is 58.9 Å². The van der Waals surface area contributed by atoms with Gasteiger partial charge in [-0.05, 0) is 60.8 Å². The molecule has 1 N–H and O–H groups in total. The fraction of sp³-hybridized carbons (Fsp3) is 0.250. The van der Waals surface area contributed by atoms with Crippen LogP contribution in [0, 0.1) is 19.7 Å². The Morgan fingerprint density at radius 1 is 1.00 bits per heavy atom. The van der Waals surface area contributed by atoms with Crippen molar-refractivity contribution in [2.24, 2.45) is 0 Å². The molecule has 0 aliphatic heterocycles.